The van der Waals surface area contributed by atoms with Crippen molar-refractivity contribution < 1.29 is 9.59 Å². The lowest BCUT2D eigenvalue weighted by Crippen LogP contribution is -2.49. The van der Waals surface area contributed by atoms with Crippen LogP contribution in [0.4, 0.5) is 0 Å². The Morgan fingerprint density at radius 1 is 1.10 bits per heavy atom. The zero-order valence-electron chi connectivity index (χ0n) is 12.9. The van der Waals surface area contributed by atoms with Crippen LogP contribution >= 0.6 is 0 Å². The Balaban J connectivity index is 1.74. The van der Waals surface area contributed by atoms with Crippen LogP contribution < -0.4 is 5.32 Å². The van der Waals surface area contributed by atoms with Gasteiger partial charge in [-0.1, -0.05) is 20.3 Å². The first-order valence-electron chi connectivity index (χ1n) is 8.24. The van der Waals surface area contributed by atoms with Gasteiger partial charge in [-0.2, -0.15) is 0 Å². The van der Waals surface area contributed by atoms with E-state index < -0.39 is 0 Å². The summed E-state index contributed by atoms with van der Waals surface area (Å²) >= 11 is 0. The molecule has 0 aromatic heterocycles. The molecule has 0 unspecified atom stereocenters. The van der Waals surface area contributed by atoms with Crippen LogP contribution in [0.5, 0.6) is 0 Å². The van der Waals surface area contributed by atoms with Crippen molar-refractivity contribution in [2.45, 2.75) is 64.8 Å². The topological polar surface area (TPSA) is 49.4 Å². The fourth-order valence-corrected chi connectivity index (χ4v) is 3.13. The standard InChI is InChI=1S/C16H28N2O2/c1-3-12(4-2)16(20)18-10-8-14(9-11-18)17-15(19)13-6-5-7-13/h12-14H,3-11H2,1-2H3,(H,17,19). The quantitative estimate of drug-likeness (QED) is 0.840. The molecular formula is C16H28N2O2. The largest absolute Gasteiger partial charge is 0.353 e. The van der Waals surface area contributed by atoms with E-state index in [1.165, 1.54) is 6.42 Å². The predicted molar refractivity (Wildman–Crippen MR) is 79.2 cm³/mol. The number of rotatable bonds is 5. The molecule has 0 atom stereocenters. The fraction of sp³-hybridized carbons (Fsp3) is 0.875. The van der Waals surface area contributed by atoms with Gasteiger partial charge in [-0.25, -0.2) is 0 Å². The van der Waals surface area contributed by atoms with Crippen LogP contribution in [0, 0.1) is 11.8 Å². The second kappa shape index (κ2) is 7.09. The Morgan fingerprint density at radius 3 is 2.15 bits per heavy atom. The van der Waals surface area contributed by atoms with Gasteiger partial charge in [-0.15, -0.1) is 0 Å². The highest BCUT2D eigenvalue weighted by molar-refractivity contribution is 5.80. The SMILES string of the molecule is CCC(CC)C(=O)N1CCC(NC(=O)C2CCC2)CC1. The van der Waals surface area contributed by atoms with E-state index in [0.29, 0.717) is 5.91 Å². The van der Waals surface area contributed by atoms with Crippen molar-refractivity contribution in [2.75, 3.05) is 13.1 Å². The van der Waals surface area contributed by atoms with Gasteiger partial charge in [0.05, 0.1) is 0 Å². The van der Waals surface area contributed by atoms with E-state index >= 15 is 0 Å². The summed E-state index contributed by atoms with van der Waals surface area (Å²) in [5, 5.41) is 3.16. The zero-order chi connectivity index (χ0) is 14.5. The Kier molecular flexibility index (Phi) is 5.44. The lowest BCUT2D eigenvalue weighted by Gasteiger charge is -2.35. The molecule has 1 saturated carbocycles. The number of hydrogen-bond donors (Lipinski definition) is 1. The van der Waals surface area contributed by atoms with Crippen LogP contribution in [0.3, 0.4) is 0 Å². The molecule has 1 heterocycles. The summed E-state index contributed by atoms with van der Waals surface area (Å²) in [6.07, 6.45) is 6.96. The van der Waals surface area contributed by atoms with Crippen molar-refractivity contribution in [3.8, 4) is 0 Å². The van der Waals surface area contributed by atoms with E-state index in [2.05, 4.69) is 19.2 Å². The average Bonchev–Trinajstić information content (AvgIpc) is 2.38. The van der Waals surface area contributed by atoms with E-state index in [1.807, 2.05) is 4.90 Å². The minimum Gasteiger partial charge on any atom is -0.353 e. The van der Waals surface area contributed by atoms with Crippen molar-refractivity contribution >= 4 is 11.8 Å². The maximum atomic E-state index is 12.3. The molecule has 2 aliphatic rings. The van der Waals surface area contributed by atoms with Gasteiger partial charge in [-0.3, -0.25) is 9.59 Å². The van der Waals surface area contributed by atoms with E-state index in [-0.39, 0.29) is 23.8 Å². The summed E-state index contributed by atoms with van der Waals surface area (Å²) in [7, 11) is 0. The van der Waals surface area contributed by atoms with Crippen molar-refractivity contribution in [2.24, 2.45) is 11.8 Å². The smallest absolute Gasteiger partial charge is 0.225 e. The minimum atomic E-state index is 0.177. The molecule has 114 valence electrons. The lowest BCUT2D eigenvalue weighted by molar-refractivity contribution is -0.137. The molecule has 0 aromatic carbocycles. The molecule has 0 radical (unpaired) electrons. The summed E-state index contributed by atoms with van der Waals surface area (Å²) < 4.78 is 0. The van der Waals surface area contributed by atoms with E-state index in [1.54, 1.807) is 0 Å². The average molecular weight is 280 g/mol. The van der Waals surface area contributed by atoms with Crippen molar-refractivity contribution in [3.05, 3.63) is 0 Å². The highest BCUT2D eigenvalue weighted by atomic mass is 16.2. The molecule has 20 heavy (non-hydrogen) atoms. The molecule has 4 nitrogen and oxygen atoms in total. The molecule has 1 aliphatic carbocycles. The second-order valence-electron chi connectivity index (χ2n) is 6.25. The van der Waals surface area contributed by atoms with Gasteiger partial charge in [0.15, 0.2) is 0 Å². The third-order valence-electron chi connectivity index (χ3n) is 4.96. The van der Waals surface area contributed by atoms with Gasteiger partial charge in [0.1, 0.15) is 0 Å². The first-order chi connectivity index (χ1) is 9.65. The van der Waals surface area contributed by atoms with Gasteiger partial charge in [-0.05, 0) is 38.5 Å². The van der Waals surface area contributed by atoms with Crippen molar-refractivity contribution in [1.29, 1.82) is 0 Å². The molecule has 1 saturated heterocycles. The zero-order valence-corrected chi connectivity index (χ0v) is 12.9. The molecule has 2 rings (SSSR count). The third-order valence-corrected chi connectivity index (χ3v) is 4.96. The molecule has 2 fully saturated rings. The number of likely N-dealkylation sites (tertiary alicyclic amines) is 1. The van der Waals surface area contributed by atoms with Crippen molar-refractivity contribution in [1.82, 2.24) is 10.2 Å². The summed E-state index contributed by atoms with van der Waals surface area (Å²) in [4.78, 5) is 26.2. The van der Waals surface area contributed by atoms with E-state index in [0.717, 1.165) is 51.6 Å². The highest BCUT2D eigenvalue weighted by Crippen LogP contribution is 2.27. The second-order valence-corrected chi connectivity index (χ2v) is 6.25. The van der Waals surface area contributed by atoms with Gasteiger partial charge in [0.2, 0.25) is 11.8 Å². The Hall–Kier alpha value is -1.06. The molecule has 1 N–H and O–H groups in total. The Labute approximate surface area is 122 Å². The summed E-state index contributed by atoms with van der Waals surface area (Å²) in [6, 6.07) is 0.272. The van der Waals surface area contributed by atoms with Crippen LogP contribution in [0.15, 0.2) is 0 Å². The number of piperidine rings is 1. The maximum absolute atomic E-state index is 12.3. The molecular weight excluding hydrogens is 252 g/mol. The monoisotopic (exact) mass is 280 g/mol. The van der Waals surface area contributed by atoms with Crippen LogP contribution in [0.25, 0.3) is 0 Å². The van der Waals surface area contributed by atoms with Gasteiger partial charge >= 0.3 is 0 Å². The Bertz CT molecular complexity index is 340. The van der Waals surface area contributed by atoms with E-state index in [4.69, 9.17) is 0 Å². The van der Waals surface area contributed by atoms with Crippen LogP contribution in [0.2, 0.25) is 0 Å². The number of nitrogens with one attached hydrogen (secondary N) is 1. The van der Waals surface area contributed by atoms with Crippen LogP contribution in [0.1, 0.15) is 58.8 Å². The Morgan fingerprint density at radius 2 is 1.70 bits per heavy atom. The fourth-order valence-electron chi connectivity index (χ4n) is 3.13. The first-order valence-corrected chi connectivity index (χ1v) is 8.24. The molecule has 4 heteroatoms. The number of hydrogen-bond acceptors (Lipinski definition) is 2. The third kappa shape index (κ3) is 3.53. The molecule has 0 aromatic rings. The normalized spacial score (nSPS) is 20.9. The molecule has 0 spiro atoms. The summed E-state index contributed by atoms with van der Waals surface area (Å²) in [5.74, 6) is 0.982. The summed E-state index contributed by atoms with van der Waals surface area (Å²) in [6.45, 7) is 5.76. The predicted octanol–water partition coefficient (Wildman–Crippen LogP) is 2.33. The van der Waals surface area contributed by atoms with Gasteiger partial charge < -0.3 is 10.2 Å². The van der Waals surface area contributed by atoms with Crippen LogP contribution in [-0.2, 0) is 9.59 Å². The van der Waals surface area contributed by atoms with Gasteiger partial charge in [0, 0.05) is 31.0 Å². The molecule has 2 amide bonds. The number of carbonyl (C=O) groups excluding carboxylic acids is 2. The first kappa shape index (κ1) is 15.3. The van der Waals surface area contributed by atoms with E-state index in [9.17, 15) is 9.59 Å². The minimum absolute atomic E-state index is 0.177. The summed E-state index contributed by atoms with van der Waals surface area (Å²) in [5.41, 5.74) is 0. The number of amides is 2. The number of nitrogens with zero attached hydrogens (tertiary/aromatic N) is 1. The highest BCUT2D eigenvalue weighted by Gasteiger charge is 2.30. The van der Waals surface area contributed by atoms with Crippen molar-refractivity contribution in [3.63, 3.8) is 0 Å². The molecule has 1 aliphatic heterocycles. The lowest BCUT2D eigenvalue weighted by atomic mass is 9.84. The number of carbonyl (C=O) groups is 2. The van der Waals surface area contributed by atoms with Crippen LogP contribution in [-0.4, -0.2) is 35.8 Å². The molecule has 0 bridgehead atoms. The van der Waals surface area contributed by atoms with Gasteiger partial charge in [0.25, 0.3) is 0 Å². The maximum Gasteiger partial charge on any atom is 0.225 e.